The Morgan fingerprint density at radius 3 is 2.39 bits per heavy atom. The Morgan fingerprint density at radius 1 is 0.929 bits per heavy atom. The predicted octanol–water partition coefficient (Wildman–Crippen LogP) is 3.32. The van der Waals surface area contributed by atoms with E-state index < -0.39 is 0 Å². The van der Waals surface area contributed by atoms with Crippen molar-refractivity contribution in [3.05, 3.63) is 54.1 Å². The number of ether oxygens (including phenoxy) is 1. The number of piperazine rings is 1. The van der Waals surface area contributed by atoms with E-state index in [1.807, 2.05) is 18.2 Å². The second kappa shape index (κ2) is 8.44. The van der Waals surface area contributed by atoms with Gasteiger partial charge in [-0.2, -0.15) is 4.98 Å². The lowest BCUT2D eigenvalue weighted by Gasteiger charge is -2.36. The number of para-hydroxylation sites is 1. The molecule has 1 saturated heterocycles. The highest BCUT2D eigenvalue weighted by atomic mass is 16.5. The number of anilines is 3. The first-order chi connectivity index (χ1) is 13.7. The normalized spacial score (nSPS) is 14.5. The van der Waals surface area contributed by atoms with Crippen LogP contribution in [0.5, 0.6) is 0 Å². The zero-order valence-electron chi connectivity index (χ0n) is 16.6. The summed E-state index contributed by atoms with van der Waals surface area (Å²) in [4.78, 5) is 14.4. The molecule has 1 N–H and O–H groups in total. The minimum absolute atomic E-state index is 0.642. The Labute approximate surface area is 166 Å². The summed E-state index contributed by atoms with van der Waals surface area (Å²) in [6.45, 7) is 7.23. The maximum absolute atomic E-state index is 5.16. The molecule has 0 atom stereocenters. The maximum Gasteiger partial charge on any atom is 0.228 e. The van der Waals surface area contributed by atoms with Crippen molar-refractivity contribution < 1.29 is 4.74 Å². The van der Waals surface area contributed by atoms with Crippen LogP contribution in [0.15, 0.2) is 48.5 Å². The molecular formula is C22H27N5O. The number of aryl methyl sites for hydroxylation is 1. The number of rotatable bonds is 6. The summed E-state index contributed by atoms with van der Waals surface area (Å²) < 4.78 is 5.16. The van der Waals surface area contributed by atoms with Crippen LogP contribution in [0.1, 0.15) is 5.56 Å². The molecule has 4 rings (SSSR count). The number of fused-ring (bicyclic) bond motifs is 1. The van der Waals surface area contributed by atoms with Crippen molar-refractivity contribution >= 4 is 28.4 Å². The summed E-state index contributed by atoms with van der Waals surface area (Å²) >= 11 is 0. The molecule has 1 aliphatic heterocycles. The van der Waals surface area contributed by atoms with Gasteiger partial charge in [0.15, 0.2) is 0 Å². The first-order valence-corrected chi connectivity index (χ1v) is 9.81. The number of hydrogen-bond donors (Lipinski definition) is 1. The van der Waals surface area contributed by atoms with Gasteiger partial charge in [-0.1, -0.05) is 29.8 Å². The zero-order valence-corrected chi connectivity index (χ0v) is 16.6. The molecule has 6 heteroatoms. The van der Waals surface area contributed by atoms with E-state index in [1.165, 1.54) is 11.3 Å². The number of aromatic nitrogens is 2. The minimum Gasteiger partial charge on any atom is -0.383 e. The third kappa shape index (κ3) is 4.02. The molecule has 6 nitrogen and oxygen atoms in total. The summed E-state index contributed by atoms with van der Waals surface area (Å²) in [6, 6.07) is 16.9. The molecule has 0 bridgehead atoms. The topological polar surface area (TPSA) is 53.5 Å². The van der Waals surface area contributed by atoms with Gasteiger partial charge in [-0.25, -0.2) is 4.98 Å². The van der Waals surface area contributed by atoms with Gasteiger partial charge in [-0.15, -0.1) is 0 Å². The summed E-state index contributed by atoms with van der Waals surface area (Å²) in [5.41, 5.74) is 3.54. The van der Waals surface area contributed by atoms with Crippen LogP contribution in [0.4, 0.5) is 17.5 Å². The molecule has 0 amide bonds. The molecule has 2 heterocycles. The summed E-state index contributed by atoms with van der Waals surface area (Å²) in [6.07, 6.45) is 0. The molecule has 0 saturated carbocycles. The third-order valence-electron chi connectivity index (χ3n) is 5.15. The van der Waals surface area contributed by atoms with E-state index in [4.69, 9.17) is 14.7 Å². The molecule has 0 unspecified atom stereocenters. The molecule has 1 aliphatic rings. The van der Waals surface area contributed by atoms with E-state index >= 15 is 0 Å². The van der Waals surface area contributed by atoms with E-state index in [9.17, 15) is 0 Å². The lowest BCUT2D eigenvalue weighted by molar-refractivity contribution is 0.210. The fraction of sp³-hybridized carbons (Fsp3) is 0.364. The number of nitrogens with zero attached hydrogens (tertiary/aromatic N) is 4. The Balaban J connectivity index is 1.52. The molecule has 0 spiro atoms. The molecular weight excluding hydrogens is 350 g/mol. The van der Waals surface area contributed by atoms with Gasteiger partial charge in [0.25, 0.3) is 0 Å². The molecule has 2 aromatic carbocycles. The smallest absolute Gasteiger partial charge is 0.228 e. The first-order valence-electron chi connectivity index (χ1n) is 9.81. The van der Waals surface area contributed by atoms with Gasteiger partial charge in [0.05, 0.1) is 12.1 Å². The highest BCUT2D eigenvalue weighted by molar-refractivity contribution is 5.90. The second-order valence-corrected chi connectivity index (χ2v) is 7.12. The third-order valence-corrected chi connectivity index (χ3v) is 5.15. The Bertz CT molecular complexity index is 920. The number of methoxy groups -OCH3 is 1. The highest BCUT2D eigenvalue weighted by Crippen LogP contribution is 2.25. The van der Waals surface area contributed by atoms with Crippen molar-refractivity contribution in [1.29, 1.82) is 0 Å². The molecule has 1 fully saturated rings. The Morgan fingerprint density at radius 2 is 1.64 bits per heavy atom. The van der Waals surface area contributed by atoms with Crippen LogP contribution in [0.2, 0.25) is 0 Å². The summed E-state index contributed by atoms with van der Waals surface area (Å²) in [7, 11) is 1.71. The fourth-order valence-electron chi connectivity index (χ4n) is 3.53. The van der Waals surface area contributed by atoms with Crippen LogP contribution >= 0.6 is 0 Å². The average molecular weight is 377 g/mol. The van der Waals surface area contributed by atoms with Gasteiger partial charge >= 0.3 is 0 Å². The lowest BCUT2D eigenvalue weighted by Crippen LogP contribution is -2.47. The van der Waals surface area contributed by atoms with E-state index in [2.05, 4.69) is 52.4 Å². The zero-order chi connectivity index (χ0) is 19.3. The van der Waals surface area contributed by atoms with Crippen LogP contribution in [0.25, 0.3) is 10.9 Å². The van der Waals surface area contributed by atoms with Gasteiger partial charge in [-0.05, 0) is 31.2 Å². The fourth-order valence-corrected chi connectivity index (χ4v) is 3.53. The van der Waals surface area contributed by atoms with Crippen LogP contribution in [0.3, 0.4) is 0 Å². The van der Waals surface area contributed by atoms with Crippen LogP contribution < -0.4 is 15.1 Å². The lowest BCUT2D eigenvalue weighted by atomic mass is 10.2. The van der Waals surface area contributed by atoms with Gasteiger partial charge in [0.1, 0.15) is 5.82 Å². The largest absolute Gasteiger partial charge is 0.383 e. The Kier molecular flexibility index (Phi) is 5.58. The molecule has 3 aromatic rings. The number of nitrogens with one attached hydrogen (secondary N) is 1. The Hall–Kier alpha value is -2.86. The van der Waals surface area contributed by atoms with Gasteiger partial charge in [-0.3, -0.25) is 0 Å². The van der Waals surface area contributed by atoms with Crippen molar-refractivity contribution in [3.63, 3.8) is 0 Å². The first kappa shape index (κ1) is 18.5. The van der Waals surface area contributed by atoms with Crippen molar-refractivity contribution in [1.82, 2.24) is 9.97 Å². The monoisotopic (exact) mass is 377 g/mol. The molecule has 146 valence electrons. The molecule has 28 heavy (non-hydrogen) atoms. The second-order valence-electron chi connectivity index (χ2n) is 7.12. The van der Waals surface area contributed by atoms with Gasteiger partial charge in [0, 0.05) is 50.9 Å². The van der Waals surface area contributed by atoms with Gasteiger partial charge in [0.2, 0.25) is 5.95 Å². The van der Waals surface area contributed by atoms with Gasteiger partial charge < -0.3 is 19.9 Å². The summed E-state index contributed by atoms with van der Waals surface area (Å²) in [5, 5.41) is 4.44. The predicted molar refractivity (Wildman–Crippen MR) is 116 cm³/mol. The van der Waals surface area contributed by atoms with Crippen LogP contribution in [-0.2, 0) is 4.74 Å². The van der Waals surface area contributed by atoms with Crippen molar-refractivity contribution in [2.45, 2.75) is 6.92 Å². The van der Waals surface area contributed by atoms with Crippen LogP contribution in [-0.4, -0.2) is 56.4 Å². The number of benzene rings is 2. The number of hydrogen-bond acceptors (Lipinski definition) is 6. The maximum atomic E-state index is 5.16. The molecule has 0 aliphatic carbocycles. The van der Waals surface area contributed by atoms with E-state index in [1.54, 1.807) is 7.11 Å². The quantitative estimate of drug-likeness (QED) is 0.665. The highest BCUT2D eigenvalue weighted by Gasteiger charge is 2.20. The SMILES string of the molecule is COCCNc1nc(N2CCN(c3ccc(C)cc3)CC2)nc2ccccc12. The van der Waals surface area contributed by atoms with Crippen molar-refractivity contribution in [2.75, 3.05) is 61.6 Å². The standard InChI is InChI=1S/C22H27N5O/c1-17-7-9-18(10-8-17)26-12-14-27(15-13-26)22-24-20-6-4-3-5-19(20)21(25-22)23-11-16-28-2/h3-10H,11-16H2,1-2H3,(H,23,24,25). The van der Waals surface area contributed by atoms with Crippen molar-refractivity contribution in [2.24, 2.45) is 0 Å². The molecule has 1 aromatic heterocycles. The van der Waals surface area contributed by atoms with E-state index in [-0.39, 0.29) is 0 Å². The average Bonchev–Trinajstić information content (AvgIpc) is 2.74. The molecule has 0 radical (unpaired) electrons. The minimum atomic E-state index is 0.642. The van der Waals surface area contributed by atoms with E-state index in [0.717, 1.165) is 55.4 Å². The van der Waals surface area contributed by atoms with Crippen molar-refractivity contribution in [3.8, 4) is 0 Å². The van der Waals surface area contributed by atoms with E-state index in [0.29, 0.717) is 6.61 Å². The summed E-state index contributed by atoms with van der Waals surface area (Å²) in [5.74, 6) is 1.67. The van der Waals surface area contributed by atoms with Crippen LogP contribution in [0, 0.1) is 6.92 Å².